The predicted molar refractivity (Wildman–Crippen MR) is 64.8 cm³/mol. The van der Waals surface area contributed by atoms with Crippen molar-refractivity contribution in [3.63, 3.8) is 0 Å². The van der Waals surface area contributed by atoms with Crippen molar-refractivity contribution in [1.29, 1.82) is 0 Å². The Bertz CT molecular complexity index is 405. The van der Waals surface area contributed by atoms with Crippen molar-refractivity contribution in [2.45, 2.75) is 19.5 Å². The van der Waals surface area contributed by atoms with Crippen molar-refractivity contribution >= 4 is 5.91 Å². The first kappa shape index (κ1) is 13.3. The van der Waals surface area contributed by atoms with Gasteiger partial charge in [0.25, 0.3) is 0 Å². The van der Waals surface area contributed by atoms with Crippen molar-refractivity contribution in [2.24, 2.45) is 0 Å². The van der Waals surface area contributed by atoms with Crippen LogP contribution >= 0.6 is 0 Å². The van der Waals surface area contributed by atoms with E-state index in [2.05, 4.69) is 5.32 Å². The average Bonchev–Trinajstić information content (AvgIpc) is 2.29. The first-order valence-electron chi connectivity index (χ1n) is 5.37. The maximum absolute atomic E-state index is 11.6. The third kappa shape index (κ3) is 3.64. The van der Waals surface area contributed by atoms with Gasteiger partial charge in [-0.15, -0.1) is 0 Å². The first-order chi connectivity index (χ1) is 7.91. The van der Waals surface area contributed by atoms with Crippen molar-refractivity contribution < 1.29 is 15.0 Å². The van der Waals surface area contributed by atoms with E-state index >= 15 is 0 Å². The Labute approximate surface area is 101 Å². The molecule has 17 heavy (non-hydrogen) atoms. The van der Waals surface area contributed by atoms with Crippen LogP contribution in [0.15, 0.2) is 18.2 Å². The maximum atomic E-state index is 11.6. The van der Waals surface area contributed by atoms with E-state index in [1.54, 1.807) is 27.1 Å². The Balaban J connectivity index is 2.56. The van der Waals surface area contributed by atoms with Gasteiger partial charge in [-0.2, -0.15) is 0 Å². The Morgan fingerprint density at radius 3 is 2.53 bits per heavy atom. The molecule has 0 bridgehead atoms. The molecule has 0 spiro atoms. The molecule has 5 nitrogen and oxygen atoms in total. The smallest absolute Gasteiger partial charge is 0.238 e. The van der Waals surface area contributed by atoms with Crippen LogP contribution in [0.1, 0.15) is 12.5 Å². The molecule has 3 N–H and O–H groups in total. The summed E-state index contributed by atoms with van der Waals surface area (Å²) in [5.41, 5.74) is 0.804. The molecule has 1 amide bonds. The topological polar surface area (TPSA) is 72.8 Å². The van der Waals surface area contributed by atoms with Crippen LogP contribution in [-0.4, -0.2) is 41.2 Å². The highest BCUT2D eigenvalue weighted by Crippen LogP contribution is 2.24. The summed E-state index contributed by atoms with van der Waals surface area (Å²) < 4.78 is 0. The van der Waals surface area contributed by atoms with Crippen LogP contribution in [0.2, 0.25) is 0 Å². The van der Waals surface area contributed by atoms with E-state index < -0.39 is 0 Å². The van der Waals surface area contributed by atoms with Crippen LogP contribution in [0.5, 0.6) is 11.5 Å². The van der Waals surface area contributed by atoms with Crippen molar-refractivity contribution in [1.82, 2.24) is 10.2 Å². The minimum Gasteiger partial charge on any atom is -0.504 e. The molecule has 1 atom stereocenters. The van der Waals surface area contributed by atoms with Crippen LogP contribution in [0.3, 0.4) is 0 Å². The minimum atomic E-state index is -0.291. The summed E-state index contributed by atoms with van der Waals surface area (Å²) in [7, 11) is 3.40. The van der Waals surface area contributed by atoms with Gasteiger partial charge >= 0.3 is 0 Å². The average molecular weight is 238 g/mol. The predicted octanol–water partition coefficient (Wildman–Crippen LogP) is 0.664. The standard InChI is InChI=1S/C12H18N2O3/c1-8(12(17)14(2)3)13-7-9-4-5-10(15)11(16)6-9/h4-6,8,13,15-16H,7H2,1-3H3. The van der Waals surface area contributed by atoms with Crippen molar-refractivity contribution in [2.75, 3.05) is 14.1 Å². The molecule has 0 aromatic heterocycles. The maximum Gasteiger partial charge on any atom is 0.238 e. The molecule has 0 aliphatic heterocycles. The zero-order valence-electron chi connectivity index (χ0n) is 10.3. The molecule has 1 unspecified atom stereocenters. The molecule has 1 aromatic rings. The number of nitrogens with one attached hydrogen (secondary N) is 1. The third-order valence-electron chi connectivity index (χ3n) is 2.46. The fraction of sp³-hybridized carbons (Fsp3) is 0.417. The molecule has 0 heterocycles. The van der Waals surface area contributed by atoms with Gasteiger partial charge in [-0.1, -0.05) is 6.07 Å². The number of hydrogen-bond donors (Lipinski definition) is 3. The number of nitrogens with zero attached hydrogens (tertiary/aromatic N) is 1. The van der Waals surface area contributed by atoms with Crippen molar-refractivity contribution in [3.8, 4) is 11.5 Å². The minimum absolute atomic E-state index is 0.00648. The molecular formula is C12H18N2O3. The zero-order chi connectivity index (χ0) is 13.0. The second-order valence-corrected chi connectivity index (χ2v) is 4.16. The highest BCUT2D eigenvalue weighted by Gasteiger charge is 2.13. The third-order valence-corrected chi connectivity index (χ3v) is 2.46. The number of likely N-dealkylation sites (N-methyl/N-ethyl adjacent to an activating group) is 1. The second kappa shape index (κ2) is 5.54. The van der Waals surface area contributed by atoms with E-state index in [1.165, 1.54) is 17.0 Å². The van der Waals surface area contributed by atoms with E-state index in [1.807, 2.05) is 0 Å². The number of carbonyl (C=O) groups excluding carboxylic acids is 1. The second-order valence-electron chi connectivity index (χ2n) is 4.16. The Morgan fingerprint density at radius 2 is 2.00 bits per heavy atom. The summed E-state index contributed by atoms with van der Waals surface area (Å²) in [5.74, 6) is -0.310. The number of amides is 1. The quantitative estimate of drug-likeness (QED) is 0.674. The summed E-state index contributed by atoms with van der Waals surface area (Å²) in [5, 5.41) is 21.5. The van der Waals surface area contributed by atoms with Crippen LogP contribution in [0.25, 0.3) is 0 Å². The molecule has 1 rings (SSSR count). The lowest BCUT2D eigenvalue weighted by Crippen LogP contribution is -2.41. The van der Waals surface area contributed by atoms with Gasteiger partial charge in [0.05, 0.1) is 6.04 Å². The van der Waals surface area contributed by atoms with E-state index in [0.29, 0.717) is 6.54 Å². The molecule has 0 saturated carbocycles. The number of benzene rings is 1. The van der Waals surface area contributed by atoms with Gasteiger partial charge in [-0.25, -0.2) is 0 Å². The Kier molecular flexibility index (Phi) is 4.34. The highest BCUT2D eigenvalue weighted by atomic mass is 16.3. The number of aromatic hydroxyl groups is 2. The molecular weight excluding hydrogens is 220 g/mol. The molecule has 0 saturated heterocycles. The van der Waals surface area contributed by atoms with Crippen molar-refractivity contribution in [3.05, 3.63) is 23.8 Å². The van der Waals surface area contributed by atoms with Gasteiger partial charge in [0.1, 0.15) is 0 Å². The molecule has 0 fully saturated rings. The van der Waals surface area contributed by atoms with Crippen LogP contribution in [0.4, 0.5) is 0 Å². The Morgan fingerprint density at radius 1 is 1.35 bits per heavy atom. The van der Waals surface area contributed by atoms with Crippen LogP contribution in [0, 0.1) is 0 Å². The number of hydrogen-bond acceptors (Lipinski definition) is 4. The first-order valence-corrected chi connectivity index (χ1v) is 5.37. The summed E-state index contributed by atoms with van der Waals surface area (Å²) in [6, 6.07) is 4.29. The van der Waals surface area contributed by atoms with Gasteiger partial charge < -0.3 is 20.4 Å². The van der Waals surface area contributed by atoms with Gasteiger partial charge in [-0.05, 0) is 24.6 Å². The number of phenols is 2. The summed E-state index contributed by atoms with van der Waals surface area (Å²) >= 11 is 0. The molecule has 5 heteroatoms. The lowest BCUT2D eigenvalue weighted by molar-refractivity contribution is -0.130. The zero-order valence-corrected chi connectivity index (χ0v) is 10.3. The van der Waals surface area contributed by atoms with Gasteiger partial charge in [0, 0.05) is 20.6 Å². The number of phenolic OH excluding ortho intramolecular Hbond substituents is 2. The van der Waals surface area contributed by atoms with Gasteiger partial charge in [0.2, 0.25) is 5.91 Å². The summed E-state index contributed by atoms with van der Waals surface area (Å²) in [6.07, 6.45) is 0. The molecule has 0 aliphatic carbocycles. The van der Waals surface area contributed by atoms with E-state index in [0.717, 1.165) is 5.56 Å². The number of rotatable bonds is 4. The normalized spacial score (nSPS) is 12.2. The largest absolute Gasteiger partial charge is 0.504 e. The lowest BCUT2D eigenvalue weighted by atomic mass is 10.2. The summed E-state index contributed by atoms with van der Waals surface area (Å²) in [6.45, 7) is 2.23. The highest BCUT2D eigenvalue weighted by molar-refractivity contribution is 5.80. The fourth-order valence-corrected chi connectivity index (χ4v) is 1.42. The fourth-order valence-electron chi connectivity index (χ4n) is 1.42. The van der Waals surface area contributed by atoms with Gasteiger partial charge in [-0.3, -0.25) is 4.79 Å². The molecule has 94 valence electrons. The monoisotopic (exact) mass is 238 g/mol. The van der Waals surface area contributed by atoms with Gasteiger partial charge in [0.15, 0.2) is 11.5 Å². The molecule has 0 aliphatic rings. The number of carbonyl (C=O) groups is 1. The van der Waals surface area contributed by atoms with E-state index in [9.17, 15) is 9.90 Å². The van der Waals surface area contributed by atoms with Crippen LogP contribution in [-0.2, 0) is 11.3 Å². The Hall–Kier alpha value is -1.75. The molecule has 0 radical (unpaired) electrons. The van der Waals surface area contributed by atoms with E-state index in [4.69, 9.17) is 5.11 Å². The molecule has 1 aromatic carbocycles. The SMILES string of the molecule is CC(NCc1ccc(O)c(O)c1)C(=O)N(C)C. The summed E-state index contributed by atoms with van der Waals surface area (Å²) in [4.78, 5) is 13.1. The van der Waals surface area contributed by atoms with Crippen LogP contribution < -0.4 is 5.32 Å². The van der Waals surface area contributed by atoms with E-state index in [-0.39, 0.29) is 23.4 Å². The lowest BCUT2D eigenvalue weighted by Gasteiger charge is -2.18.